The molecule has 0 heterocycles. The molecule has 0 saturated heterocycles. The van der Waals surface area contributed by atoms with Gasteiger partial charge in [0.2, 0.25) is 0 Å². The second-order valence-corrected chi connectivity index (χ2v) is 8.57. The van der Waals surface area contributed by atoms with Gasteiger partial charge in [-0.25, -0.2) is 0 Å². The van der Waals surface area contributed by atoms with Crippen molar-refractivity contribution in [2.24, 2.45) is 0 Å². The van der Waals surface area contributed by atoms with E-state index < -0.39 is 0 Å². The lowest BCUT2D eigenvalue weighted by Crippen LogP contribution is -2.24. The van der Waals surface area contributed by atoms with Gasteiger partial charge in [-0.1, -0.05) is 12.8 Å². The fourth-order valence-corrected chi connectivity index (χ4v) is 5.75. The van der Waals surface area contributed by atoms with E-state index in [1.807, 2.05) is 23.5 Å². The second kappa shape index (κ2) is 8.72. The minimum absolute atomic E-state index is 0.666. The maximum Gasteiger partial charge on any atom is 0.118 e. The van der Waals surface area contributed by atoms with Crippen LogP contribution >= 0.6 is 23.5 Å². The summed E-state index contributed by atoms with van der Waals surface area (Å²) in [6.07, 6.45) is 5.27. The first-order chi connectivity index (χ1) is 11.8. The summed E-state index contributed by atoms with van der Waals surface area (Å²) in [5.41, 5.74) is 0. The molecule has 1 aliphatic carbocycles. The van der Waals surface area contributed by atoms with Crippen molar-refractivity contribution in [3.8, 4) is 11.5 Å². The lowest BCUT2D eigenvalue weighted by molar-refractivity contribution is 0.414. The molecule has 2 nitrogen and oxygen atoms in total. The van der Waals surface area contributed by atoms with Gasteiger partial charge >= 0.3 is 0 Å². The van der Waals surface area contributed by atoms with Crippen LogP contribution in [-0.2, 0) is 0 Å². The Morgan fingerprint density at radius 1 is 0.667 bits per heavy atom. The van der Waals surface area contributed by atoms with E-state index >= 15 is 0 Å². The zero-order valence-electron chi connectivity index (χ0n) is 14.2. The van der Waals surface area contributed by atoms with Crippen molar-refractivity contribution in [1.29, 1.82) is 0 Å². The maximum atomic E-state index is 5.25. The third-order valence-electron chi connectivity index (χ3n) is 4.34. The molecule has 4 heteroatoms. The monoisotopic (exact) mass is 360 g/mol. The molecule has 1 aliphatic rings. The van der Waals surface area contributed by atoms with Crippen LogP contribution in [0.4, 0.5) is 0 Å². The fraction of sp³-hybridized carbons (Fsp3) is 0.400. The number of hydrogen-bond donors (Lipinski definition) is 0. The van der Waals surface area contributed by atoms with Crippen LogP contribution in [0.15, 0.2) is 58.3 Å². The molecule has 2 atom stereocenters. The molecule has 0 aliphatic heterocycles. The minimum atomic E-state index is 0.666. The fourth-order valence-electron chi connectivity index (χ4n) is 2.99. The number of rotatable bonds is 6. The molecule has 3 rings (SSSR count). The first kappa shape index (κ1) is 17.6. The highest BCUT2D eigenvalue weighted by atomic mass is 32.2. The molecule has 0 amide bonds. The summed E-state index contributed by atoms with van der Waals surface area (Å²) in [5, 5.41) is 1.33. The lowest BCUT2D eigenvalue weighted by atomic mass is 10.00. The Morgan fingerprint density at radius 2 is 1.04 bits per heavy atom. The number of benzene rings is 2. The van der Waals surface area contributed by atoms with Gasteiger partial charge < -0.3 is 9.47 Å². The van der Waals surface area contributed by atoms with E-state index in [9.17, 15) is 0 Å². The molecule has 0 N–H and O–H groups in total. The largest absolute Gasteiger partial charge is 0.497 e. The van der Waals surface area contributed by atoms with Crippen LogP contribution in [0.5, 0.6) is 11.5 Å². The average Bonchev–Trinajstić information content (AvgIpc) is 2.64. The van der Waals surface area contributed by atoms with E-state index in [-0.39, 0.29) is 0 Å². The van der Waals surface area contributed by atoms with Gasteiger partial charge in [-0.15, -0.1) is 23.5 Å². The van der Waals surface area contributed by atoms with E-state index in [0.29, 0.717) is 10.5 Å². The predicted octanol–water partition coefficient (Wildman–Crippen LogP) is 5.90. The topological polar surface area (TPSA) is 18.5 Å². The van der Waals surface area contributed by atoms with E-state index in [1.165, 1.54) is 35.5 Å². The van der Waals surface area contributed by atoms with Gasteiger partial charge in [0, 0.05) is 20.3 Å². The van der Waals surface area contributed by atoms with Crippen molar-refractivity contribution in [2.45, 2.75) is 46.0 Å². The first-order valence-electron chi connectivity index (χ1n) is 8.40. The van der Waals surface area contributed by atoms with E-state index in [2.05, 4.69) is 48.5 Å². The summed E-state index contributed by atoms with van der Waals surface area (Å²) >= 11 is 4.04. The quantitative estimate of drug-likeness (QED) is 0.638. The molecular formula is C20H24O2S2. The Bertz CT molecular complexity index is 568. The van der Waals surface area contributed by atoms with Gasteiger partial charge in [-0.2, -0.15) is 0 Å². The predicted molar refractivity (Wildman–Crippen MR) is 104 cm³/mol. The van der Waals surface area contributed by atoms with Gasteiger partial charge in [0.05, 0.1) is 14.2 Å². The zero-order chi connectivity index (χ0) is 16.8. The van der Waals surface area contributed by atoms with Crippen LogP contribution in [0.25, 0.3) is 0 Å². The summed E-state index contributed by atoms with van der Waals surface area (Å²) in [5.74, 6) is 1.85. The molecule has 0 radical (unpaired) electrons. The highest BCUT2D eigenvalue weighted by Crippen LogP contribution is 2.42. The molecule has 2 aromatic carbocycles. The third-order valence-corrected chi connectivity index (χ3v) is 7.33. The van der Waals surface area contributed by atoms with E-state index in [1.54, 1.807) is 14.2 Å². The maximum absolute atomic E-state index is 5.25. The molecule has 1 fully saturated rings. The molecule has 0 spiro atoms. The zero-order valence-corrected chi connectivity index (χ0v) is 15.9. The molecule has 0 unspecified atom stereocenters. The lowest BCUT2D eigenvalue weighted by Gasteiger charge is -2.30. The number of hydrogen-bond acceptors (Lipinski definition) is 4. The van der Waals surface area contributed by atoms with Crippen LogP contribution in [0.1, 0.15) is 25.7 Å². The summed E-state index contributed by atoms with van der Waals surface area (Å²) < 4.78 is 10.5. The van der Waals surface area contributed by atoms with Gasteiger partial charge in [-0.3, -0.25) is 0 Å². The summed E-state index contributed by atoms with van der Waals surface area (Å²) in [4.78, 5) is 2.67. The van der Waals surface area contributed by atoms with Crippen molar-refractivity contribution in [3.05, 3.63) is 48.5 Å². The average molecular weight is 361 g/mol. The molecule has 1 saturated carbocycles. The molecular weight excluding hydrogens is 336 g/mol. The van der Waals surface area contributed by atoms with Gasteiger partial charge in [0.1, 0.15) is 11.5 Å². The molecule has 0 aromatic heterocycles. The SMILES string of the molecule is COc1ccc(S[C@@H]2CCCC[C@H]2Sc2ccc(OC)cc2)cc1. The minimum Gasteiger partial charge on any atom is -0.497 e. The number of thioether (sulfide) groups is 2. The van der Waals surface area contributed by atoms with Crippen molar-refractivity contribution in [1.82, 2.24) is 0 Å². The molecule has 24 heavy (non-hydrogen) atoms. The van der Waals surface area contributed by atoms with Crippen LogP contribution in [0.2, 0.25) is 0 Å². The van der Waals surface area contributed by atoms with Crippen LogP contribution in [0.3, 0.4) is 0 Å². The summed E-state index contributed by atoms with van der Waals surface area (Å²) in [6.45, 7) is 0. The van der Waals surface area contributed by atoms with Crippen LogP contribution < -0.4 is 9.47 Å². The van der Waals surface area contributed by atoms with Crippen LogP contribution in [0, 0.1) is 0 Å². The first-order valence-corrected chi connectivity index (χ1v) is 10.2. The molecule has 2 aromatic rings. The highest BCUT2D eigenvalue weighted by molar-refractivity contribution is 8.03. The highest BCUT2D eigenvalue weighted by Gasteiger charge is 2.27. The summed E-state index contributed by atoms with van der Waals surface area (Å²) in [6, 6.07) is 16.9. The van der Waals surface area contributed by atoms with Crippen molar-refractivity contribution in [2.75, 3.05) is 14.2 Å². The van der Waals surface area contributed by atoms with Crippen LogP contribution in [-0.4, -0.2) is 24.7 Å². The Kier molecular flexibility index (Phi) is 6.38. The van der Waals surface area contributed by atoms with Gasteiger partial charge in [0.25, 0.3) is 0 Å². The van der Waals surface area contributed by atoms with E-state index in [4.69, 9.17) is 9.47 Å². The Labute approximate surface area is 153 Å². The number of methoxy groups -OCH3 is 2. The van der Waals surface area contributed by atoms with E-state index in [0.717, 1.165) is 11.5 Å². The Hall–Kier alpha value is -1.26. The van der Waals surface area contributed by atoms with Crippen molar-refractivity contribution in [3.63, 3.8) is 0 Å². The number of ether oxygens (including phenoxy) is 2. The molecule has 0 bridgehead atoms. The van der Waals surface area contributed by atoms with Crippen molar-refractivity contribution < 1.29 is 9.47 Å². The Balaban J connectivity index is 1.65. The second-order valence-electron chi connectivity index (χ2n) is 5.95. The molecule has 128 valence electrons. The summed E-state index contributed by atoms with van der Waals surface area (Å²) in [7, 11) is 3.43. The Morgan fingerprint density at radius 3 is 1.38 bits per heavy atom. The third kappa shape index (κ3) is 4.64. The van der Waals surface area contributed by atoms with Crippen molar-refractivity contribution >= 4 is 23.5 Å². The van der Waals surface area contributed by atoms with Gasteiger partial charge in [-0.05, 0) is 61.4 Å². The standard InChI is InChI=1S/C20H24O2S2/c1-21-15-7-11-17(12-8-15)23-19-5-3-4-6-20(19)24-18-13-9-16(22-2)10-14-18/h7-14,19-20H,3-6H2,1-2H3/t19-,20-/m1/s1. The smallest absolute Gasteiger partial charge is 0.118 e. The normalized spacial score (nSPS) is 20.6. The van der Waals surface area contributed by atoms with Gasteiger partial charge in [0.15, 0.2) is 0 Å².